The van der Waals surface area contributed by atoms with Crippen molar-refractivity contribution in [2.45, 2.75) is 6.04 Å². The number of nitrogens with one attached hydrogen (secondary N) is 2. The molecule has 0 aliphatic rings. The zero-order chi connectivity index (χ0) is 23.4. The number of nitrogens with zero attached hydrogens (tertiary/aromatic N) is 2. The Morgan fingerprint density at radius 1 is 0.909 bits per heavy atom. The van der Waals surface area contributed by atoms with E-state index in [1.54, 1.807) is 29.1 Å². The first kappa shape index (κ1) is 21.9. The highest BCUT2D eigenvalue weighted by Crippen LogP contribution is 2.23. The second-order valence-corrected chi connectivity index (χ2v) is 7.24. The molecule has 0 saturated heterocycles. The molecule has 4 aromatic rings. The van der Waals surface area contributed by atoms with Crippen LogP contribution in [0.3, 0.4) is 0 Å². The summed E-state index contributed by atoms with van der Waals surface area (Å²) in [4.78, 5) is 25.4. The number of aromatic nitrogens is 2. The summed E-state index contributed by atoms with van der Waals surface area (Å²) >= 11 is 0. The quantitative estimate of drug-likeness (QED) is 0.470. The Bertz CT molecular complexity index is 1300. The van der Waals surface area contributed by atoms with Gasteiger partial charge < -0.3 is 10.6 Å². The second-order valence-electron chi connectivity index (χ2n) is 7.24. The highest BCUT2D eigenvalue weighted by molar-refractivity contribution is 5.98. The van der Waals surface area contributed by atoms with Crippen molar-refractivity contribution in [3.63, 3.8) is 0 Å². The Hall–Kier alpha value is -4.33. The molecular formula is C25H20F2N4O2. The Balaban J connectivity index is 1.63. The third-order valence-corrected chi connectivity index (χ3v) is 5.13. The topological polar surface area (TPSA) is 76.0 Å². The first-order chi connectivity index (χ1) is 16.0. The van der Waals surface area contributed by atoms with Gasteiger partial charge in [0.1, 0.15) is 6.04 Å². The zero-order valence-corrected chi connectivity index (χ0v) is 17.6. The molecule has 0 aliphatic carbocycles. The lowest BCUT2D eigenvalue weighted by Crippen LogP contribution is -2.39. The Kier molecular flexibility index (Phi) is 6.26. The minimum Gasteiger partial charge on any atom is -0.357 e. The molecule has 4 rings (SSSR count). The van der Waals surface area contributed by atoms with Gasteiger partial charge in [-0.15, -0.1) is 0 Å². The van der Waals surface area contributed by atoms with E-state index in [1.165, 1.54) is 13.1 Å². The molecule has 1 atom stereocenters. The molecule has 3 aromatic carbocycles. The van der Waals surface area contributed by atoms with Gasteiger partial charge in [0.2, 0.25) is 5.91 Å². The summed E-state index contributed by atoms with van der Waals surface area (Å²) in [5.41, 5.74) is 2.85. The maximum atomic E-state index is 13.7. The molecule has 33 heavy (non-hydrogen) atoms. The minimum atomic E-state index is -1.20. The predicted molar refractivity (Wildman–Crippen MR) is 120 cm³/mol. The van der Waals surface area contributed by atoms with E-state index in [2.05, 4.69) is 15.7 Å². The van der Waals surface area contributed by atoms with Crippen LogP contribution in [-0.4, -0.2) is 28.6 Å². The number of likely N-dealkylation sites (N-methyl/N-ethyl adjacent to an activating group) is 1. The van der Waals surface area contributed by atoms with Crippen LogP contribution in [0.25, 0.3) is 16.9 Å². The summed E-state index contributed by atoms with van der Waals surface area (Å²) in [6.07, 6.45) is 1.67. The molecule has 0 aliphatic heterocycles. The molecule has 0 saturated carbocycles. The largest absolute Gasteiger partial charge is 0.357 e. The van der Waals surface area contributed by atoms with Gasteiger partial charge in [0.15, 0.2) is 11.6 Å². The van der Waals surface area contributed by atoms with E-state index in [0.29, 0.717) is 5.69 Å². The number of amides is 2. The number of hydrogen-bond acceptors (Lipinski definition) is 3. The smallest absolute Gasteiger partial charge is 0.252 e. The van der Waals surface area contributed by atoms with Crippen LogP contribution in [-0.2, 0) is 4.79 Å². The van der Waals surface area contributed by atoms with Crippen LogP contribution in [0, 0.1) is 11.6 Å². The molecule has 1 aromatic heterocycles. The highest BCUT2D eigenvalue weighted by atomic mass is 19.2. The van der Waals surface area contributed by atoms with E-state index in [4.69, 9.17) is 0 Å². The minimum absolute atomic E-state index is 0.121. The molecule has 2 amide bonds. The summed E-state index contributed by atoms with van der Waals surface area (Å²) in [5, 5.41) is 9.40. The fraction of sp³-hybridized carbons (Fsp3) is 0.0800. The van der Waals surface area contributed by atoms with Crippen LogP contribution in [0.1, 0.15) is 22.0 Å². The second kappa shape index (κ2) is 9.44. The van der Waals surface area contributed by atoms with Crippen molar-refractivity contribution >= 4 is 11.8 Å². The van der Waals surface area contributed by atoms with Gasteiger partial charge >= 0.3 is 0 Å². The maximum Gasteiger partial charge on any atom is 0.252 e. The summed E-state index contributed by atoms with van der Waals surface area (Å²) in [6, 6.07) is 20.2. The standard InChI is InChI=1S/C25H20F2N4O2/c1-28-25(33)23(17-10-11-20(26)21(27)15-17)30-24(32)18-8-5-9-19(14-18)31-22(12-13-29-31)16-6-3-2-4-7-16/h2-15,23H,1H3,(H,28,33)(H,30,32). The van der Waals surface area contributed by atoms with Crippen molar-refractivity contribution in [2.24, 2.45) is 0 Å². The lowest BCUT2D eigenvalue weighted by atomic mass is 10.0. The molecule has 6 nitrogen and oxygen atoms in total. The van der Waals surface area contributed by atoms with Gasteiger partial charge in [-0.25, -0.2) is 13.5 Å². The molecule has 1 unspecified atom stereocenters. The number of halogens is 2. The van der Waals surface area contributed by atoms with Crippen molar-refractivity contribution in [3.05, 3.63) is 108 Å². The van der Waals surface area contributed by atoms with Crippen molar-refractivity contribution in [1.82, 2.24) is 20.4 Å². The summed E-state index contributed by atoms with van der Waals surface area (Å²) in [6.45, 7) is 0. The fourth-order valence-corrected chi connectivity index (χ4v) is 3.47. The van der Waals surface area contributed by atoms with E-state index in [0.717, 1.165) is 23.4 Å². The molecule has 2 N–H and O–H groups in total. The van der Waals surface area contributed by atoms with E-state index in [1.807, 2.05) is 42.5 Å². The van der Waals surface area contributed by atoms with Gasteiger partial charge in [0, 0.05) is 18.2 Å². The van der Waals surface area contributed by atoms with Crippen LogP contribution in [0.4, 0.5) is 8.78 Å². The van der Waals surface area contributed by atoms with E-state index >= 15 is 0 Å². The number of carbonyl (C=O) groups excluding carboxylic acids is 2. The molecule has 1 heterocycles. The SMILES string of the molecule is CNC(=O)C(NC(=O)c1cccc(-n2nccc2-c2ccccc2)c1)c1ccc(F)c(F)c1. The van der Waals surface area contributed by atoms with Crippen molar-refractivity contribution in [2.75, 3.05) is 7.05 Å². The van der Waals surface area contributed by atoms with Crippen molar-refractivity contribution in [3.8, 4) is 16.9 Å². The van der Waals surface area contributed by atoms with E-state index in [9.17, 15) is 18.4 Å². The first-order valence-corrected chi connectivity index (χ1v) is 10.1. The van der Waals surface area contributed by atoms with Crippen LogP contribution in [0.2, 0.25) is 0 Å². The van der Waals surface area contributed by atoms with Gasteiger partial charge in [-0.2, -0.15) is 5.10 Å². The molecular weight excluding hydrogens is 426 g/mol. The molecule has 166 valence electrons. The Labute approximate surface area is 188 Å². The average molecular weight is 446 g/mol. The number of benzene rings is 3. The van der Waals surface area contributed by atoms with E-state index in [-0.39, 0.29) is 11.1 Å². The third-order valence-electron chi connectivity index (χ3n) is 5.13. The zero-order valence-electron chi connectivity index (χ0n) is 17.6. The van der Waals surface area contributed by atoms with Gasteiger partial charge in [-0.3, -0.25) is 9.59 Å². The monoisotopic (exact) mass is 446 g/mol. The third kappa shape index (κ3) is 4.64. The van der Waals surface area contributed by atoms with Crippen LogP contribution in [0.15, 0.2) is 85.1 Å². The summed E-state index contributed by atoms with van der Waals surface area (Å²) in [5.74, 6) is -3.26. The Morgan fingerprint density at radius 3 is 2.42 bits per heavy atom. The number of rotatable bonds is 6. The molecule has 0 radical (unpaired) electrons. The Morgan fingerprint density at radius 2 is 1.70 bits per heavy atom. The van der Waals surface area contributed by atoms with Gasteiger partial charge in [0.05, 0.1) is 17.6 Å². The van der Waals surface area contributed by atoms with Crippen molar-refractivity contribution in [1.29, 1.82) is 0 Å². The molecule has 8 heteroatoms. The predicted octanol–water partition coefficient (Wildman–Crippen LogP) is 4.03. The normalized spacial score (nSPS) is 11.6. The maximum absolute atomic E-state index is 13.7. The summed E-state index contributed by atoms with van der Waals surface area (Å²) in [7, 11) is 1.39. The van der Waals surface area contributed by atoms with Crippen LogP contribution in [0.5, 0.6) is 0 Å². The summed E-state index contributed by atoms with van der Waals surface area (Å²) < 4.78 is 28.8. The van der Waals surface area contributed by atoms with Gasteiger partial charge in [-0.05, 0) is 42.0 Å². The first-order valence-electron chi connectivity index (χ1n) is 10.1. The number of hydrogen-bond donors (Lipinski definition) is 2. The average Bonchev–Trinajstić information content (AvgIpc) is 3.34. The highest BCUT2D eigenvalue weighted by Gasteiger charge is 2.24. The number of carbonyl (C=O) groups is 2. The molecule has 0 fully saturated rings. The lowest BCUT2D eigenvalue weighted by molar-refractivity contribution is -0.122. The van der Waals surface area contributed by atoms with Crippen molar-refractivity contribution < 1.29 is 18.4 Å². The van der Waals surface area contributed by atoms with Gasteiger partial charge in [-0.1, -0.05) is 42.5 Å². The fourth-order valence-electron chi connectivity index (χ4n) is 3.47. The van der Waals surface area contributed by atoms with E-state index < -0.39 is 29.5 Å². The van der Waals surface area contributed by atoms with Crippen LogP contribution < -0.4 is 10.6 Å². The van der Waals surface area contributed by atoms with Crippen LogP contribution >= 0.6 is 0 Å². The van der Waals surface area contributed by atoms with Gasteiger partial charge in [0.25, 0.3) is 5.91 Å². The lowest BCUT2D eigenvalue weighted by Gasteiger charge is -2.18. The molecule has 0 spiro atoms. The molecule has 0 bridgehead atoms.